The molecule has 0 aromatic rings. The van der Waals surface area contributed by atoms with Crippen LogP contribution in [0.4, 0.5) is 0 Å². The first kappa shape index (κ1) is 14.0. The van der Waals surface area contributed by atoms with Crippen LogP contribution in [-0.2, 0) is 4.74 Å². The normalized spacial score (nSPS) is 26.2. The van der Waals surface area contributed by atoms with Gasteiger partial charge in [-0.15, -0.1) is 0 Å². The summed E-state index contributed by atoms with van der Waals surface area (Å²) in [6.45, 7) is 12.0. The van der Waals surface area contributed by atoms with Crippen molar-refractivity contribution in [2.24, 2.45) is 11.8 Å². The van der Waals surface area contributed by atoms with Crippen molar-refractivity contribution in [2.45, 2.75) is 58.9 Å². The first-order chi connectivity index (χ1) is 7.53. The van der Waals surface area contributed by atoms with Gasteiger partial charge in [0.25, 0.3) is 0 Å². The van der Waals surface area contributed by atoms with Crippen LogP contribution in [0.3, 0.4) is 0 Å². The van der Waals surface area contributed by atoms with Crippen molar-refractivity contribution in [1.29, 1.82) is 0 Å². The van der Waals surface area contributed by atoms with Gasteiger partial charge in [0.05, 0.1) is 0 Å². The predicted octanol–water partition coefficient (Wildman–Crippen LogP) is 3.22. The second-order valence-corrected chi connectivity index (χ2v) is 6.16. The number of hydrogen-bond donors (Lipinski definition) is 1. The molecule has 2 heteroatoms. The number of rotatable bonds is 6. The maximum Gasteiger partial charge on any atom is 0.0497 e. The van der Waals surface area contributed by atoms with Crippen molar-refractivity contribution in [1.82, 2.24) is 5.32 Å². The molecule has 1 N–H and O–H groups in total. The molecule has 0 spiro atoms. The molecule has 0 bridgehead atoms. The van der Waals surface area contributed by atoms with E-state index in [4.69, 9.17) is 4.74 Å². The quantitative estimate of drug-likeness (QED) is 0.704. The topological polar surface area (TPSA) is 21.3 Å². The lowest BCUT2D eigenvalue weighted by Crippen LogP contribution is -2.40. The molecule has 0 aromatic carbocycles. The fourth-order valence-corrected chi connectivity index (χ4v) is 2.42. The van der Waals surface area contributed by atoms with E-state index in [9.17, 15) is 0 Å². The van der Waals surface area contributed by atoms with Crippen LogP contribution in [0.5, 0.6) is 0 Å². The molecule has 0 heterocycles. The minimum atomic E-state index is 0.247. The Bertz CT molecular complexity index is 186. The third-order valence-electron chi connectivity index (χ3n) is 3.39. The van der Waals surface area contributed by atoms with Crippen LogP contribution in [0.15, 0.2) is 0 Å². The number of hydrogen-bond acceptors (Lipinski definition) is 2. The van der Waals surface area contributed by atoms with Crippen molar-refractivity contribution in [3.05, 3.63) is 0 Å². The molecule has 2 atom stereocenters. The summed E-state index contributed by atoms with van der Waals surface area (Å²) >= 11 is 0. The van der Waals surface area contributed by atoms with Crippen LogP contribution in [-0.4, -0.2) is 25.3 Å². The molecule has 2 nitrogen and oxygen atoms in total. The Morgan fingerprint density at radius 1 is 1.19 bits per heavy atom. The molecular formula is C14H29NO. The molecule has 96 valence electrons. The number of nitrogens with one attached hydrogen (secondary N) is 1. The van der Waals surface area contributed by atoms with Gasteiger partial charge in [0.15, 0.2) is 0 Å². The second kappa shape index (κ2) is 6.61. The van der Waals surface area contributed by atoms with Gasteiger partial charge >= 0.3 is 0 Å². The predicted molar refractivity (Wildman–Crippen MR) is 69.7 cm³/mol. The van der Waals surface area contributed by atoms with Gasteiger partial charge < -0.3 is 10.1 Å². The lowest BCUT2D eigenvalue weighted by molar-refractivity contribution is 0.0847. The Hall–Kier alpha value is -0.0800. The SMILES string of the molecule is CCCOCC1CCCC1CNC(C)(C)C. The third kappa shape index (κ3) is 5.31. The van der Waals surface area contributed by atoms with Crippen LogP contribution in [0.1, 0.15) is 53.4 Å². The highest BCUT2D eigenvalue weighted by Crippen LogP contribution is 2.31. The van der Waals surface area contributed by atoms with Gasteiger partial charge in [-0.2, -0.15) is 0 Å². The van der Waals surface area contributed by atoms with E-state index < -0.39 is 0 Å². The van der Waals surface area contributed by atoms with E-state index in [2.05, 4.69) is 33.0 Å². The molecule has 1 aliphatic carbocycles. The molecule has 0 radical (unpaired) electrons. The van der Waals surface area contributed by atoms with E-state index in [1.54, 1.807) is 0 Å². The molecule has 1 rings (SSSR count). The average Bonchev–Trinajstić information content (AvgIpc) is 2.62. The minimum Gasteiger partial charge on any atom is -0.381 e. The van der Waals surface area contributed by atoms with E-state index in [1.165, 1.54) is 19.3 Å². The van der Waals surface area contributed by atoms with Crippen molar-refractivity contribution in [2.75, 3.05) is 19.8 Å². The maximum absolute atomic E-state index is 5.70. The molecule has 1 fully saturated rings. The third-order valence-corrected chi connectivity index (χ3v) is 3.39. The largest absolute Gasteiger partial charge is 0.381 e. The van der Waals surface area contributed by atoms with Crippen molar-refractivity contribution in [3.8, 4) is 0 Å². The molecule has 2 unspecified atom stereocenters. The van der Waals surface area contributed by atoms with E-state index in [1.807, 2.05) is 0 Å². The van der Waals surface area contributed by atoms with Crippen LogP contribution in [0.2, 0.25) is 0 Å². The molecule has 0 amide bonds. The van der Waals surface area contributed by atoms with E-state index >= 15 is 0 Å². The van der Waals surface area contributed by atoms with Crippen molar-refractivity contribution < 1.29 is 4.74 Å². The summed E-state index contributed by atoms with van der Waals surface area (Å²) in [6, 6.07) is 0. The monoisotopic (exact) mass is 227 g/mol. The number of ether oxygens (including phenoxy) is 1. The Labute approximate surface area is 101 Å². The van der Waals surface area contributed by atoms with E-state index in [0.717, 1.165) is 38.0 Å². The van der Waals surface area contributed by atoms with E-state index in [0.29, 0.717) is 0 Å². The average molecular weight is 227 g/mol. The highest BCUT2D eigenvalue weighted by molar-refractivity contribution is 4.81. The van der Waals surface area contributed by atoms with Gasteiger partial charge in [-0.3, -0.25) is 0 Å². The molecule has 16 heavy (non-hydrogen) atoms. The standard InChI is InChI=1S/C14H29NO/c1-5-9-16-11-13-8-6-7-12(13)10-15-14(2,3)4/h12-13,15H,5-11H2,1-4H3. The molecule has 0 aliphatic heterocycles. The zero-order chi connectivity index (χ0) is 12.0. The molecule has 0 saturated heterocycles. The van der Waals surface area contributed by atoms with Gasteiger partial charge in [-0.05, 0) is 58.4 Å². The lowest BCUT2D eigenvalue weighted by Gasteiger charge is -2.26. The van der Waals surface area contributed by atoms with Gasteiger partial charge in [0.2, 0.25) is 0 Å². The molecular weight excluding hydrogens is 198 g/mol. The van der Waals surface area contributed by atoms with Crippen LogP contribution < -0.4 is 5.32 Å². The smallest absolute Gasteiger partial charge is 0.0497 e. The minimum absolute atomic E-state index is 0.247. The Kier molecular flexibility index (Phi) is 5.77. The maximum atomic E-state index is 5.70. The van der Waals surface area contributed by atoms with Gasteiger partial charge in [0.1, 0.15) is 0 Å². The summed E-state index contributed by atoms with van der Waals surface area (Å²) < 4.78 is 5.70. The van der Waals surface area contributed by atoms with E-state index in [-0.39, 0.29) is 5.54 Å². The summed E-state index contributed by atoms with van der Waals surface area (Å²) in [7, 11) is 0. The Morgan fingerprint density at radius 3 is 2.50 bits per heavy atom. The first-order valence-corrected chi connectivity index (χ1v) is 6.85. The molecule has 1 saturated carbocycles. The van der Waals surface area contributed by atoms with Crippen molar-refractivity contribution in [3.63, 3.8) is 0 Å². The second-order valence-electron chi connectivity index (χ2n) is 6.16. The Balaban J connectivity index is 2.23. The first-order valence-electron chi connectivity index (χ1n) is 6.85. The highest BCUT2D eigenvalue weighted by atomic mass is 16.5. The summed E-state index contributed by atoms with van der Waals surface area (Å²) in [5.41, 5.74) is 0.247. The fraction of sp³-hybridized carbons (Fsp3) is 1.00. The zero-order valence-electron chi connectivity index (χ0n) is 11.5. The van der Waals surface area contributed by atoms with Gasteiger partial charge in [-0.25, -0.2) is 0 Å². The van der Waals surface area contributed by atoms with Crippen molar-refractivity contribution >= 4 is 0 Å². The Morgan fingerprint density at radius 2 is 1.88 bits per heavy atom. The molecule has 0 aromatic heterocycles. The van der Waals surface area contributed by atoms with Gasteiger partial charge in [0, 0.05) is 18.8 Å². The lowest BCUT2D eigenvalue weighted by atomic mass is 9.95. The van der Waals surface area contributed by atoms with Crippen LogP contribution >= 0.6 is 0 Å². The summed E-state index contributed by atoms with van der Waals surface area (Å²) in [4.78, 5) is 0. The fourth-order valence-electron chi connectivity index (χ4n) is 2.42. The zero-order valence-corrected chi connectivity index (χ0v) is 11.5. The summed E-state index contributed by atoms with van der Waals surface area (Å²) in [5.74, 6) is 1.62. The highest BCUT2D eigenvalue weighted by Gasteiger charge is 2.27. The molecule has 1 aliphatic rings. The summed E-state index contributed by atoms with van der Waals surface area (Å²) in [5, 5.41) is 3.63. The van der Waals surface area contributed by atoms with Crippen LogP contribution in [0.25, 0.3) is 0 Å². The summed E-state index contributed by atoms with van der Waals surface area (Å²) in [6.07, 6.45) is 5.26. The van der Waals surface area contributed by atoms with Crippen LogP contribution in [0, 0.1) is 11.8 Å². The van der Waals surface area contributed by atoms with Gasteiger partial charge in [-0.1, -0.05) is 13.3 Å².